The number of aryl methyl sites for hydroxylation is 1. The number of benzene rings is 2. The molecule has 3 heteroatoms. The summed E-state index contributed by atoms with van der Waals surface area (Å²) in [5, 5.41) is 10.7. The average Bonchev–Trinajstić information content (AvgIpc) is 2.59. The fourth-order valence-corrected chi connectivity index (χ4v) is 3.03. The fourth-order valence-electron chi connectivity index (χ4n) is 3.03. The predicted octanol–water partition coefficient (Wildman–Crippen LogP) is 6.11. The fraction of sp³-hybridized carbons (Fsp3) is 0.435. The lowest BCUT2D eigenvalue weighted by Gasteiger charge is -2.20. The highest BCUT2D eigenvalue weighted by atomic mass is 19.1. The molecule has 0 aliphatic rings. The monoisotopic (exact) mass is 356 g/mol. The number of aliphatic hydroxyl groups excluding tert-OH is 1. The molecule has 0 spiro atoms. The van der Waals surface area contributed by atoms with Crippen LogP contribution < -0.4 is 0 Å². The molecule has 26 heavy (non-hydrogen) atoms. The van der Waals surface area contributed by atoms with Gasteiger partial charge < -0.3 is 5.11 Å². The third kappa shape index (κ3) is 4.79. The first-order valence-electron chi connectivity index (χ1n) is 9.35. The second-order valence-electron chi connectivity index (χ2n) is 7.68. The highest BCUT2D eigenvalue weighted by Crippen LogP contribution is 2.32. The molecule has 2 unspecified atom stereocenters. The number of hydrogen-bond donors (Lipinski definition) is 1. The van der Waals surface area contributed by atoms with Crippen LogP contribution in [0.5, 0.6) is 0 Å². The Morgan fingerprint density at radius 2 is 1.81 bits per heavy atom. The van der Waals surface area contributed by atoms with Crippen LogP contribution in [0, 0.1) is 24.6 Å². The van der Waals surface area contributed by atoms with Crippen molar-refractivity contribution in [2.75, 3.05) is 0 Å². The summed E-state index contributed by atoms with van der Waals surface area (Å²) in [5.41, 5.74) is 3.14. The van der Waals surface area contributed by atoms with Crippen molar-refractivity contribution in [2.24, 2.45) is 11.8 Å². The van der Waals surface area contributed by atoms with Gasteiger partial charge in [0.1, 0.15) is 5.82 Å². The van der Waals surface area contributed by atoms with Gasteiger partial charge in [-0.2, -0.15) is 0 Å². The molecule has 2 aromatic rings. The lowest BCUT2D eigenvalue weighted by Crippen LogP contribution is -2.11. The van der Waals surface area contributed by atoms with E-state index in [1.165, 1.54) is 6.07 Å². The van der Waals surface area contributed by atoms with Crippen LogP contribution in [0.4, 0.5) is 4.39 Å². The van der Waals surface area contributed by atoms with Crippen LogP contribution in [-0.2, 0) is 0 Å². The molecule has 0 saturated heterocycles. The number of carbonyl (C=O) groups excluding carboxylic acids is 1. The molecule has 2 aromatic carbocycles. The molecular formula is C23H29FO2. The Bertz CT molecular complexity index is 780. The lowest BCUT2D eigenvalue weighted by molar-refractivity contribution is 0.0966. The first kappa shape index (κ1) is 20.3. The summed E-state index contributed by atoms with van der Waals surface area (Å²) in [6, 6.07) is 10.4. The van der Waals surface area contributed by atoms with Crippen molar-refractivity contribution >= 4 is 5.78 Å². The van der Waals surface area contributed by atoms with E-state index in [1.807, 2.05) is 40.7 Å². The van der Waals surface area contributed by atoms with Crippen LogP contribution in [0.3, 0.4) is 0 Å². The minimum absolute atomic E-state index is 0.0203. The van der Waals surface area contributed by atoms with E-state index in [0.29, 0.717) is 28.7 Å². The summed E-state index contributed by atoms with van der Waals surface area (Å²) in [4.78, 5) is 12.6. The van der Waals surface area contributed by atoms with E-state index in [1.54, 1.807) is 24.3 Å². The summed E-state index contributed by atoms with van der Waals surface area (Å²) >= 11 is 0. The van der Waals surface area contributed by atoms with Crippen molar-refractivity contribution in [3.05, 3.63) is 58.9 Å². The molecule has 0 saturated carbocycles. The first-order chi connectivity index (χ1) is 12.2. The zero-order valence-electron chi connectivity index (χ0n) is 16.3. The first-order valence-corrected chi connectivity index (χ1v) is 9.35. The minimum Gasteiger partial charge on any atom is -0.388 e. The second-order valence-corrected chi connectivity index (χ2v) is 7.68. The number of halogens is 1. The molecule has 0 aliphatic heterocycles. The Hall–Kier alpha value is -2.00. The van der Waals surface area contributed by atoms with E-state index < -0.39 is 6.10 Å². The quantitative estimate of drug-likeness (QED) is 0.608. The van der Waals surface area contributed by atoms with Crippen LogP contribution in [0.1, 0.15) is 68.1 Å². The number of hydrogen-bond acceptors (Lipinski definition) is 2. The van der Waals surface area contributed by atoms with Crippen molar-refractivity contribution in [1.82, 2.24) is 0 Å². The van der Waals surface area contributed by atoms with Gasteiger partial charge in [0.05, 0.1) is 6.10 Å². The molecule has 2 rings (SSSR count). The zero-order chi connectivity index (χ0) is 19.4. The van der Waals surface area contributed by atoms with Gasteiger partial charge in [-0.3, -0.25) is 4.79 Å². The maximum atomic E-state index is 14.5. The molecule has 0 heterocycles. The summed E-state index contributed by atoms with van der Waals surface area (Å²) < 4.78 is 14.5. The van der Waals surface area contributed by atoms with E-state index in [9.17, 15) is 14.3 Å². The molecule has 1 N–H and O–H groups in total. The van der Waals surface area contributed by atoms with E-state index >= 15 is 0 Å². The van der Waals surface area contributed by atoms with Crippen LogP contribution >= 0.6 is 0 Å². The van der Waals surface area contributed by atoms with Gasteiger partial charge in [-0.05, 0) is 59.7 Å². The van der Waals surface area contributed by atoms with Gasteiger partial charge in [-0.15, -0.1) is 0 Å². The number of ketones is 1. The van der Waals surface area contributed by atoms with E-state index in [2.05, 4.69) is 0 Å². The molecule has 140 valence electrons. The van der Waals surface area contributed by atoms with Crippen LogP contribution in [0.2, 0.25) is 0 Å². The second kappa shape index (κ2) is 8.59. The Labute approximate surface area is 156 Å². The van der Waals surface area contributed by atoms with Gasteiger partial charge in [0, 0.05) is 17.5 Å². The van der Waals surface area contributed by atoms with Gasteiger partial charge in [-0.25, -0.2) is 4.39 Å². The number of aliphatic hydroxyl groups is 1. The molecule has 0 aliphatic carbocycles. The lowest BCUT2D eigenvalue weighted by atomic mass is 9.89. The van der Waals surface area contributed by atoms with Gasteiger partial charge in [0.2, 0.25) is 0 Å². The van der Waals surface area contributed by atoms with Gasteiger partial charge >= 0.3 is 0 Å². The number of carbonyl (C=O) groups is 1. The Kier molecular flexibility index (Phi) is 6.71. The van der Waals surface area contributed by atoms with Gasteiger partial charge in [0.15, 0.2) is 5.78 Å². The zero-order valence-corrected chi connectivity index (χ0v) is 16.3. The third-order valence-electron chi connectivity index (χ3n) is 4.83. The molecule has 0 amide bonds. The van der Waals surface area contributed by atoms with E-state index in [-0.39, 0.29) is 23.4 Å². The summed E-state index contributed by atoms with van der Waals surface area (Å²) in [6.07, 6.45) is 0.567. The molecular weight excluding hydrogens is 327 g/mol. The summed E-state index contributed by atoms with van der Waals surface area (Å²) in [5.74, 6) is 0.000723. The van der Waals surface area contributed by atoms with Crippen molar-refractivity contribution in [1.29, 1.82) is 0 Å². The summed E-state index contributed by atoms with van der Waals surface area (Å²) in [6.45, 7) is 9.82. The van der Waals surface area contributed by atoms with E-state index in [0.717, 1.165) is 12.0 Å². The Balaban J connectivity index is 2.57. The maximum absolute atomic E-state index is 14.5. The number of Topliss-reactive ketones (excluding diaryl/α,β-unsaturated/α-hetero) is 1. The molecule has 2 atom stereocenters. The average molecular weight is 356 g/mol. The molecule has 2 nitrogen and oxygen atoms in total. The molecule has 0 fully saturated rings. The van der Waals surface area contributed by atoms with Crippen LogP contribution in [0.25, 0.3) is 11.1 Å². The standard InChI is InChI=1S/C23H29FO2/c1-6-16(5)23(26)19-12-17(20-8-7-15(4)10-21(20)24)11-18(13-19)22(25)9-14(2)3/h7-8,10-14,16,23,26H,6,9H2,1-5H3. The maximum Gasteiger partial charge on any atom is 0.163 e. The highest BCUT2D eigenvalue weighted by Gasteiger charge is 2.19. The Morgan fingerprint density at radius 1 is 1.12 bits per heavy atom. The molecule has 0 aromatic heterocycles. The van der Waals surface area contributed by atoms with Crippen molar-refractivity contribution in [2.45, 2.75) is 53.6 Å². The van der Waals surface area contributed by atoms with Crippen LogP contribution in [-0.4, -0.2) is 10.9 Å². The predicted molar refractivity (Wildman–Crippen MR) is 105 cm³/mol. The van der Waals surface area contributed by atoms with Crippen molar-refractivity contribution in [3.8, 4) is 11.1 Å². The minimum atomic E-state index is -0.681. The SMILES string of the molecule is CCC(C)C(O)c1cc(C(=O)CC(C)C)cc(-c2ccc(C)cc2F)c1. The van der Waals surface area contributed by atoms with Gasteiger partial charge in [0.25, 0.3) is 0 Å². The van der Waals surface area contributed by atoms with Crippen molar-refractivity contribution < 1.29 is 14.3 Å². The topological polar surface area (TPSA) is 37.3 Å². The number of rotatable bonds is 7. The van der Waals surface area contributed by atoms with Crippen LogP contribution in [0.15, 0.2) is 36.4 Å². The largest absolute Gasteiger partial charge is 0.388 e. The molecule has 0 bridgehead atoms. The smallest absolute Gasteiger partial charge is 0.163 e. The molecule has 0 radical (unpaired) electrons. The van der Waals surface area contributed by atoms with Gasteiger partial charge in [-0.1, -0.05) is 46.2 Å². The summed E-state index contributed by atoms with van der Waals surface area (Å²) in [7, 11) is 0. The van der Waals surface area contributed by atoms with E-state index in [4.69, 9.17) is 0 Å². The third-order valence-corrected chi connectivity index (χ3v) is 4.83. The van der Waals surface area contributed by atoms with Crippen molar-refractivity contribution in [3.63, 3.8) is 0 Å². The Morgan fingerprint density at radius 3 is 2.38 bits per heavy atom. The normalized spacial score (nSPS) is 13.7. The highest BCUT2D eigenvalue weighted by molar-refractivity contribution is 5.97.